The normalized spacial score (nSPS) is 19.3. The number of hydrogen-bond acceptors (Lipinski definition) is 8. The van der Waals surface area contributed by atoms with Crippen LogP contribution in [0, 0.1) is 5.92 Å². The molecule has 1 saturated heterocycles. The molecule has 1 aromatic carbocycles. The molecule has 2 aromatic heterocycles. The van der Waals surface area contributed by atoms with Crippen molar-refractivity contribution in [1.29, 1.82) is 0 Å². The third-order valence-electron chi connectivity index (χ3n) is 6.63. The summed E-state index contributed by atoms with van der Waals surface area (Å²) in [5.74, 6) is 2.47. The van der Waals surface area contributed by atoms with Gasteiger partial charge in [0.05, 0.1) is 30.0 Å². The summed E-state index contributed by atoms with van der Waals surface area (Å²) in [5.41, 5.74) is 2.45. The highest BCUT2D eigenvalue weighted by Crippen LogP contribution is 2.40. The molecule has 0 bridgehead atoms. The molecule has 3 N–H and O–H groups in total. The van der Waals surface area contributed by atoms with E-state index in [1.807, 2.05) is 23.5 Å². The van der Waals surface area contributed by atoms with Gasteiger partial charge in [-0.05, 0) is 54.9 Å². The molecule has 0 spiro atoms. The van der Waals surface area contributed by atoms with Crippen molar-refractivity contribution in [3.8, 4) is 0 Å². The summed E-state index contributed by atoms with van der Waals surface area (Å²) in [6.07, 6.45) is 4.14. The lowest BCUT2D eigenvalue weighted by atomic mass is 9.89. The first kappa shape index (κ1) is 23.6. The number of sulfonamides is 1. The van der Waals surface area contributed by atoms with Crippen LogP contribution in [-0.4, -0.2) is 56.1 Å². The highest BCUT2D eigenvalue weighted by atomic mass is 32.2. The van der Waals surface area contributed by atoms with Crippen LogP contribution in [0.1, 0.15) is 35.2 Å². The zero-order valence-corrected chi connectivity index (χ0v) is 21.1. The van der Waals surface area contributed by atoms with Crippen LogP contribution in [0.25, 0.3) is 10.2 Å². The highest BCUT2D eigenvalue weighted by Gasteiger charge is 2.24. The molecule has 1 unspecified atom stereocenters. The van der Waals surface area contributed by atoms with Gasteiger partial charge in [-0.15, -0.1) is 11.3 Å². The third kappa shape index (κ3) is 5.26. The predicted molar refractivity (Wildman–Crippen MR) is 135 cm³/mol. The van der Waals surface area contributed by atoms with Crippen molar-refractivity contribution >= 4 is 37.4 Å². The monoisotopic (exact) mass is 501 g/mol. The summed E-state index contributed by atoms with van der Waals surface area (Å²) < 4.78 is 28.5. The van der Waals surface area contributed by atoms with E-state index in [1.54, 1.807) is 12.1 Å². The van der Waals surface area contributed by atoms with Crippen LogP contribution in [0.5, 0.6) is 0 Å². The van der Waals surface area contributed by atoms with Crippen molar-refractivity contribution in [3.05, 3.63) is 46.1 Å². The van der Waals surface area contributed by atoms with Crippen LogP contribution in [-0.2, 0) is 40.6 Å². The molecule has 182 valence electrons. The number of thiophene rings is 1. The molecule has 1 atom stereocenters. The standard InChI is InChI=1S/C24H31N5O3S2/c1-16-2-7-19-20(14-16)33-24-22(19)23(27-21(28-24)15-29-10-12-32-13-11-29)26-9-8-17-3-5-18(6-4-17)34(25,30)31/h3-6,16H,2,7-15H2,1H3,(H2,25,30,31)(H,26,27,28). The van der Waals surface area contributed by atoms with Crippen molar-refractivity contribution in [1.82, 2.24) is 14.9 Å². The molecule has 3 aromatic rings. The molecule has 3 heterocycles. The fourth-order valence-electron chi connectivity index (χ4n) is 4.72. The minimum atomic E-state index is -3.67. The Hall–Kier alpha value is -2.11. The molecule has 0 saturated carbocycles. The second-order valence-electron chi connectivity index (χ2n) is 9.27. The topological polar surface area (TPSA) is 110 Å². The third-order valence-corrected chi connectivity index (χ3v) is 8.71. The van der Waals surface area contributed by atoms with Crippen molar-refractivity contribution in [2.75, 3.05) is 38.2 Å². The molecule has 34 heavy (non-hydrogen) atoms. The lowest BCUT2D eigenvalue weighted by Crippen LogP contribution is -2.36. The van der Waals surface area contributed by atoms with Gasteiger partial charge in [0.15, 0.2) is 0 Å². The van der Waals surface area contributed by atoms with Crippen molar-refractivity contribution < 1.29 is 13.2 Å². The van der Waals surface area contributed by atoms with Gasteiger partial charge >= 0.3 is 0 Å². The summed E-state index contributed by atoms with van der Waals surface area (Å²) in [4.78, 5) is 15.0. The molecule has 2 aliphatic rings. The van der Waals surface area contributed by atoms with Gasteiger partial charge in [-0.3, -0.25) is 4.90 Å². The fraction of sp³-hybridized carbons (Fsp3) is 0.500. The average Bonchev–Trinajstić information content (AvgIpc) is 3.17. The van der Waals surface area contributed by atoms with Gasteiger partial charge in [0.1, 0.15) is 16.5 Å². The lowest BCUT2D eigenvalue weighted by molar-refractivity contribution is 0.0331. The summed E-state index contributed by atoms with van der Waals surface area (Å²) in [7, 11) is -3.67. The zero-order valence-electron chi connectivity index (χ0n) is 19.4. The van der Waals surface area contributed by atoms with E-state index in [-0.39, 0.29) is 4.90 Å². The highest BCUT2D eigenvalue weighted by molar-refractivity contribution is 7.89. The number of morpholine rings is 1. The van der Waals surface area contributed by atoms with E-state index in [9.17, 15) is 8.42 Å². The second-order valence-corrected chi connectivity index (χ2v) is 11.9. The van der Waals surface area contributed by atoms with Gasteiger partial charge in [-0.2, -0.15) is 0 Å². The van der Waals surface area contributed by atoms with Crippen LogP contribution in [0.3, 0.4) is 0 Å². The van der Waals surface area contributed by atoms with E-state index in [4.69, 9.17) is 19.8 Å². The Morgan fingerprint density at radius 3 is 2.71 bits per heavy atom. The molecule has 0 radical (unpaired) electrons. The van der Waals surface area contributed by atoms with Crippen molar-refractivity contribution in [2.45, 2.75) is 44.0 Å². The first-order valence-corrected chi connectivity index (χ1v) is 14.2. The molecule has 10 heteroatoms. The fourth-order valence-corrected chi connectivity index (χ4v) is 6.63. The molecule has 8 nitrogen and oxygen atoms in total. The number of aryl methyl sites for hydroxylation is 1. The van der Waals surface area contributed by atoms with Gasteiger partial charge in [-0.25, -0.2) is 23.5 Å². The van der Waals surface area contributed by atoms with E-state index in [0.29, 0.717) is 12.5 Å². The number of benzene rings is 1. The Kier molecular flexibility index (Phi) is 6.85. The Balaban J connectivity index is 1.38. The first-order chi connectivity index (χ1) is 16.4. The molecule has 5 rings (SSSR count). The van der Waals surface area contributed by atoms with Crippen molar-refractivity contribution in [3.63, 3.8) is 0 Å². The maximum Gasteiger partial charge on any atom is 0.238 e. The van der Waals surface area contributed by atoms with E-state index < -0.39 is 10.0 Å². The molecule has 1 aliphatic carbocycles. The average molecular weight is 502 g/mol. The van der Waals surface area contributed by atoms with Crippen LogP contribution in [0.15, 0.2) is 29.2 Å². The molecule has 1 fully saturated rings. The number of hydrogen-bond donors (Lipinski definition) is 2. The number of anilines is 1. The van der Waals surface area contributed by atoms with Gasteiger partial charge in [0.25, 0.3) is 0 Å². The number of nitrogens with two attached hydrogens (primary N) is 1. The summed E-state index contributed by atoms with van der Waals surface area (Å²) in [6, 6.07) is 6.75. The summed E-state index contributed by atoms with van der Waals surface area (Å²) in [6.45, 7) is 7.05. The van der Waals surface area contributed by atoms with Gasteiger partial charge in [0, 0.05) is 24.5 Å². The number of primary sulfonamides is 1. The number of fused-ring (bicyclic) bond motifs is 3. The first-order valence-electron chi connectivity index (χ1n) is 11.8. The Bertz CT molecular complexity index is 1270. The maximum atomic E-state index is 11.5. The number of ether oxygens (including phenoxy) is 1. The van der Waals surface area contributed by atoms with Crippen LogP contribution >= 0.6 is 11.3 Å². The van der Waals surface area contributed by atoms with E-state index >= 15 is 0 Å². The van der Waals surface area contributed by atoms with Crippen molar-refractivity contribution in [2.24, 2.45) is 11.1 Å². The number of aromatic nitrogens is 2. The Morgan fingerprint density at radius 1 is 1.21 bits per heavy atom. The van der Waals surface area contributed by atoms with Crippen LogP contribution < -0.4 is 10.5 Å². The predicted octanol–water partition coefficient (Wildman–Crippen LogP) is 2.95. The maximum absolute atomic E-state index is 11.5. The zero-order chi connectivity index (χ0) is 23.7. The second kappa shape index (κ2) is 9.87. The van der Waals surface area contributed by atoms with E-state index in [2.05, 4.69) is 17.1 Å². The van der Waals surface area contributed by atoms with Crippen LogP contribution in [0.4, 0.5) is 5.82 Å². The quantitative estimate of drug-likeness (QED) is 0.512. The van der Waals surface area contributed by atoms with E-state index in [0.717, 1.165) is 74.1 Å². The van der Waals surface area contributed by atoms with Gasteiger partial charge in [0.2, 0.25) is 10.0 Å². The minimum Gasteiger partial charge on any atom is -0.379 e. The Morgan fingerprint density at radius 2 is 1.97 bits per heavy atom. The van der Waals surface area contributed by atoms with E-state index in [1.165, 1.54) is 22.2 Å². The number of nitrogens with one attached hydrogen (secondary N) is 1. The van der Waals surface area contributed by atoms with Crippen LogP contribution in [0.2, 0.25) is 0 Å². The number of nitrogens with zero attached hydrogens (tertiary/aromatic N) is 3. The molecule has 1 aliphatic heterocycles. The SMILES string of the molecule is CC1CCc2c(sc3nc(CN4CCOCC4)nc(NCCc4ccc(S(N)(=O)=O)cc4)c23)C1. The van der Waals surface area contributed by atoms with Gasteiger partial charge in [-0.1, -0.05) is 19.1 Å². The summed E-state index contributed by atoms with van der Waals surface area (Å²) in [5, 5.41) is 9.97. The molecular weight excluding hydrogens is 470 g/mol. The molecule has 0 amide bonds. The summed E-state index contributed by atoms with van der Waals surface area (Å²) >= 11 is 1.82. The Labute approximate surface area is 204 Å². The smallest absolute Gasteiger partial charge is 0.238 e. The lowest BCUT2D eigenvalue weighted by Gasteiger charge is -2.26. The van der Waals surface area contributed by atoms with Gasteiger partial charge < -0.3 is 10.1 Å². The minimum absolute atomic E-state index is 0.133. The largest absolute Gasteiger partial charge is 0.379 e. The molecular formula is C24H31N5O3S2. The number of rotatable bonds is 7.